The molecule has 2 N–H and O–H groups in total. The van der Waals surface area contributed by atoms with Gasteiger partial charge in [-0.2, -0.15) is 0 Å². The fourth-order valence-electron chi connectivity index (χ4n) is 2.07. The summed E-state index contributed by atoms with van der Waals surface area (Å²) >= 11 is 3.50. The third-order valence-electron chi connectivity index (χ3n) is 3.01. The molecule has 2 atom stereocenters. The zero-order chi connectivity index (χ0) is 13.1. The second kappa shape index (κ2) is 6.17. The highest BCUT2D eigenvalue weighted by atomic mass is 79.9. The van der Waals surface area contributed by atoms with Gasteiger partial charge < -0.3 is 10.5 Å². The Kier molecular flexibility index (Phi) is 4.81. The predicted molar refractivity (Wildman–Crippen MR) is 78.3 cm³/mol. The van der Waals surface area contributed by atoms with Gasteiger partial charge in [0.25, 0.3) is 0 Å². The second-order valence-corrected chi connectivity index (χ2v) is 7.16. The van der Waals surface area contributed by atoms with Crippen LogP contribution in [0.4, 0.5) is 0 Å². The molecule has 0 aromatic heterocycles. The van der Waals surface area contributed by atoms with Gasteiger partial charge in [0.15, 0.2) is 0 Å². The Hall–Kier alpha value is -0.390. The van der Waals surface area contributed by atoms with E-state index in [9.17, 15) is 4.21 Å². The minimum absolute atomic E-state index is 0.298. The number of ether oxygens (including phenoxy) is 1. The average molecular weight is 332 g/mol. The summed E-state index contributed by atoms with van der Waals surface area (Å²) in [6.07, 6.45) is 0.938. The van der Waals surface area contributed by atoms with E-state index in [0.717, 1.165) is 28.8 Å². The standard InChI is InChI=1S/C13H18BrNO2S/c1-9(6-15)7-18(16)8-11-5-12(14)4-10-2-3-17-13(10)11/h4-5,9H,2-3,6-8,15H2,1H3. The van der Waals surface area contributed by atoms with Crippen LogP contribution in [0.5, 0.6) is 5.75 Å². The zero-order valence-corrected chi connectivity index (χ0v) is 12.9. The van der Waals surface area contributed by atoms with Crippen molar-refractivity contribution in [3.63, 3.8) is 0 Å². The van der Waals surface area contributed by atoms with Crippen molar-refractivity contribution >= 4 is 26.7 Å². The molecule has 1 heterocycles. The molecular formula is C13H18BrNO2S. The molecule has 0 saturated carbocycles. The van der Waals surface area contributed by atoms with Crippen LogP contribution in [0.2, 0.25) is 0 Å². The van der Waals surface area contributed by atoms with Gasteiger partial charge in [-0.05, 0) is 30.2 Å². The van der Waals surface area contributed by atoms with Crippen LogP contribution in [0, 0.1) is 5.92 Å². The van der Waals surface area contributed by atoms with Crippen LogP contribution in [0.1, 0.15) is 18.1 Å². The van der Waals surface area contributed by atoms with E-state index >= 15 is 0 Å². The Morgan fingerprint density at radius 2 is 2.33 bits per heavy atom. The molecule has 1 aromatic rings. The SMILES string of the molecule is CC(CN)CS(=O)Cc1cc(Br)cc2c1OCC2. The van der Waals surface area contributed by atoms with Gasteiger partial charge in [-0.1, -0.05) is 22.9 Å². The zero-order valence-electron chi connectivity index (χ0n) is 10.4. The molecule has 1 aromatic carbocycles. The Morgan fingerprint density at radius 1 is 1.56 bits per heavy atom. The Balaban J connectivity index is 2.12. The average Bonchev–Trinajstić information content (AvgIpc) is 2.76. The highest BCUT2D eigenvalue weighted by Crippen LogP contribution is 2.33. The minimum Gasteiger partial charge on any atom is -0.493 e. The van der Waals surface area contributed by atoms with Crippen molar-refractivity contribution in [1.82, 2.24) is 0 Å². The molecule has 2 rings (SSSR count). The van der Waals surface area contributed by atoms with Crippen molar-refractivity contribution in [3.05, 3.63) is 27.7 Å². The van der Waals surface area contributed by atoms with Gasteiger partial charge in [0, 0.05) is 33.0 Å². The summed E-state index contributed by atoms with van der Waals surface area (Å²) in [7, 11) is -0.882. The van der Waals surface area contributed by atoms with Crippen LogP contribution in [0.15, 0.2) is 16.6 Å². The van der Waals surface area contributed by atoms with E-state index in [1.807, 2.05) is 13.0 Å². The maximum atomic E-state index is 12.1. The fraction of sp³-hybridized carbons (Fsp3) is 0.538. The Morgan fingerprint density at radius 3 is 3.06 bits per heavy atom. The van der Waals surface area contributed by atoms with Crippen molar-refractivity contribution in [3.8, 4) is 5.75 Å². The smallest absolute Gasteiger partial charge is 0.126 e. The summed E-state index contributed by atoms with van der Waals surface area (Å²) < 4.78 is 18.7. The van der Waals surface area contributed by atoms with Gasteiger partial charge in [0.1, 0.15) is 5.75 Å². The molecule has 18 heavy (non-hydrogen) atoms. The van der Waals surface area contributed by atoms with Crippen molar-refractivity contribution in [1.29, 1.82) is 0 Å². The normalized spacial score (nSPS) is 17.1. The molecule has 2 unspecified atom stereocenters. The highest BCUT2D eigenvalue weighted by molar-refractivity contribution is 9.10. The number of hydrogen-bond acceptors (Lipinski definition) is 3. The van der Waals surface area contributed by atoms with Gasteiger partial charge in [-0.3, -0.25) is 4.21 Å². The first-order valence-electron chi connectivity index (χ1n) is 6.09. The Bertz CT molecular complexity index is 465. The van der Waals surface area contributed by atoms with Gasteiger partial charge in [0.2, 0.25) is 0 Å². The van der Waals surface area contributed by atoms with Crippen LogP contribution in [0.25, 0.3) is 0 Å². The van der Waals surface area contributed by atoms with Crippen molar-refractivity contribution in [2.24, 2.45) is 11.7 Å². The summed E-state index contributed by atoms with van der Waals surface area (Å²) in [5, 5.41) is 0. The molecule has 0 radical (unpaired) electrons. The predicted octanol–water partition coefficient (Wildman–Crippen LogP) is 2.23. The number of benzene rings is 1. The number of halogens is 1. The van der Waals surface area contributed by atoms with E-state index in [-0.39, 0.29) is 0 Å². The van der Waals surface area contributed by atoms with E-state index in [0.29, 0.717) is 24.0 Å². The van der Waals surface area contributed by atoms with Crippen molar-refractivity contribution in [2.75, 3.05) is 18.9 Å². The van der Waals surface area contributed by atoms with Crippen LogP contribution < -0.4 is 10.5 Å². The molecule has 0 spiro atoms. The van der Waals surface area contributed by atoms with Gasteiger partial charge in [-0.15, -0.1) is 0 Å². The fourth-order valence-corrected chi connectivity index (χ4v) is 4.07. The first-order chi connectivity index (χ1) is 8.60. The summed E-state index contributed by atoms with van der Waals surface area (Å²) in [5.74, 6) is 2.43. The molecule has 0 fully saturated rings. The third kappa shape index (κ3) is 3.33. The van der Waals surface area contributed by atoms with E-state index in [2.05, 4.69) is 22.0 Å². The van der Waals surface area contributed by atoms with E-state index in [1.54, 1.807) is 0 Å². The maximum Gasteiger partial charge on any atom is 0.126 e. The van der Waals surface area contributed by atoms with Crippen LogP contribution >= 0.6 is 15.9 Å². The van der Waals surface area contributed by atoms with Crippen LogP contribution in [-0.4, -0.2) is 23.1 Å². The molecule has 0 aliphatic carbocycles. The van der Waals surface area contributed by atoms with E-state index in [4.69, 9.17) is 10.5 Å². The lowest BCUT2D eigenvalue weighted by molar-refractivity contribution is 0.354. The summed E-state index contributed by atoms with van der Waals surface area (Å²) in [4.78, 5) is 0. The highest BCUT2D eigenvalue weighted by Gasteiger charge is 2.19. The van der Waals surface area contributed by atoms with E-state index in [1.165, 1.54) is 5.56 Å². The minimum atomic E-state index is -0.882. The van der Waals surface area contributed by atoms with Gasteiger partial charge in [0.05, 0.1) is 12.4 Å². The number of fused-ring (bicyclic) bond motifs is 1. The molecule has 5 heteroatoms. The lowest BCUT2D eigenvalue weighted by Crippen LogP contribution is -2.18. The molecule has 100 valence electrons. The lowest BCUT2D eigenvalue weighted by Gasteiger charge is -2.11. The summed E-state index contributed by atoms with van der Waals surface area (Å²) in [5.41, 5.74) is 7.81. The summed E-state index contributed by atoms with van der Waals surface area (Å²) in [6, 6.07) is 4.09. The van der Waals surface area contributed by atoms with Gasteiger partial charge in [-0.25, -0.2) is 0 Å². The topological polar surface area (TPSA) is 52.3 Å². The third-order valence-corrected chi connectivity index (χ3v) is 5.05. The summed E-state index contributed by atoms with van der Waals surface area (Å²) in [6.45, 7) is 3.34. The molecule has 0 amide bonds. The molecule has 3 nitrogen and oxygen atoms in total. The van der Waals surface area contributed by atoms with Crippen molar-refractivity contribution < 1.29 is 8.95 Å². The number of nitrogens with two attached hydrogens (primary N) is 1. The van der Waals surface area contributed by atoms with Crippen LogP contribution in [0.3, 0.4) is 0 Å². The van der Waals surface area contributed by atoms with Crippen LogP contribution in [-0.2, 0) is 23.0 Å². The van der Waals surface area contributed by atoms with E-state index < -0.39 is 10.8 Å². The Labute approximate surface area is 119 Å². The molecule has 0 bridgehead atoms. The maximum absolute atomic E-state index is 12.1. The monoisotopic (exact) mass is 331 g/mol. The largest absolute Gasteiger partial charge is 0.493 e. The quantitative estimate of drug-likeness (QED) is 0.900. The van der Waals surface area contributed by atoms with Crippen molar-refractivity contribution in [2.45, 2.75) is 19.1 Å². The molecule has 1 aliphatic heterocycles. The molecule has 0 saturated heterocycles. The second-order valence-electron chi connectivity index (χ2n) is 4.74. The first kappa shape index (κ1) is 14.0. The lowest BCUT2D eigenvalue weighted by atomic mass is 10.1. The molecule has 1 aliphatic rings. The molecular weight excluding hydrogens is 314 g/mol. The van der Waals surface area contributed by atoms with Gasteiger partial charge >= 0.3 is 0 Å². The number of hydrogen-bond donors (Lipinski definition) is 1. The number of rotatable bonds is 5. The first-order valence-corrected chi connectivity index (χ1v) is 8.37.